The third-order valence-electron chi connectivity index (χ3n) is 3.22. The number of hydrogen-bond donors (Lipinski definition) is 1. The van der Waals surface area contributed by atoms with Crippen molar-refractivity contribution in [1.29, 1.82) is 0 Å². The van der Waals surface area contributed by atoms with Gasteiger partial charge in [0.1, 0.15) is 5.82 Å². The van der Waals surface area contributed by atoms with Gasteiger partial charge in [-0.3, -0.25) is 4.79 Å². The van der Waals surface area contributed by atoms with Gasteiger partial charge in [-0.05, 0) is 37.1 Å². The smallest absolute Gasteiger partial charge is 0.234 e. The summed E-state index contributed by atoms with van der Waals surface area (Å²) in [5.74, 6) is 1.52. The molecule has 0 spiro atoms. The van der Waals surface area contributed by atoms with Crippen LogP contribution in [-0.4, -0.2) is 26.4 Å². The lowest BCUT2D eigenvalue weighted by Crippen LogP contribution is -2.14. The number of nitrogens with zero attached hydrogens (tertiary/aromatic N) is 3. The van der Waals surface area contributed by atoms with Crippen molar-refractivity contribution in [2.24, 2.45) is 7.05 Å². The highest BCUT2D eigenvalue weighted by atomic mass is 32.2. The van der Waals surface area contributed by atoms with Crippen molar-refractivity contribution in [1.82, 2.24) is 14.8 Å². The number of rotatable bonds is 5. The van der Waals surface area contributed by atoms with Gasteiger partial charge in [-0.15, -0.1) is 10.2 Å². The molecule has 0 saturated carbocycles. The van der Waals surface area contributed by atoms with Gasteiger partial charge in [0.05, 0.1) is 5.75 Å². The monoisotopic (exact) mass is 318 g/mol. The first-order valence-electron chi connectivity index (χ1n) is 7.27. The molecule has 5 nitrogen and oxygen atoms in total. The molecule has 1 heterocycles. The molecule has 0 saturated heterocycles. The van der Waals surface area contributed by atoms with Gasteiger partial charge in [-0.2, -0.15) is 0 Å². The second-order valence-electron chi connectivity index (χ2n) is 5.77. The number of anilines is 1. The second kappa shape index (κ2) is 6.96. The highest BCUT2D eigenvalue weighted by Gasteiger charge is 2.13. The molecular weight excluding hydrogens is 296 g/mol. The number of aromatic nitrogens is 3. The van der Waals surface area contributed by atoms with E-state index in [1.807, 2.05) is 37.6 Å². The van der Waals surface area contributed by atoms with E-state index in [0.29, 0.717) is 11.7 Å². The first-order chi connectivity index (χ1) is 10.4. The predicted molar refractivity (Wildman–Crippen MR) is 90.4 cm³/mol. The van der Waals surface area contributed by atoms with Gasteiger partial charge in [0.25, 0.3) is 0 Å². The van der Waals surface area contributed by atoms with Crippen LogP contribution in [0.15, 0.2) is 23.4 Å². The van der Waals surface area contributed by atoms with Crippen LogP contribution in [0.4, 0.5) is 5.69 Å². The number of carbonyl (C=O) groups excluding carboxylic acids is 1. The number of amides is 1. The molecule has 22 heavy (non-hydrogen) atoms. The zero-order valence-corrected chi connectivity index (χ0v) is 14.5. The summed E-state index contributed by atoms with van der Waals surface area (Å²) in [5, 5.41) is 12.0. The Balaban J connectivity index is 1.95. The Labute approximate surface area is 135 Å². The summed E-state index contributed by atoms with van der Waals surface area (Å²) in [6, 6.07) is 6.01. The summed E-state index contributed by atoms with van der Waals surface area (Å²) in [5.41, 5.74) is 3.11. The molecule has 1 aromatic heterocycles. The summed E-state index contributed by atoms with van der Waals surface area (Å²) in [7, 11) is 1.93. The van der Waals surface area contributed by atoms with Crippen molar-refractivity contribution in [3.63, 3.8) is 0 Å². The molecule has 0 radical (unpaired) electrons. The lowest BCUT2D eigenvalue weighted by atomic mass is 10.1. The van der Waals surface area contributed by atoms with E-state index >= 15 is 0 Å². The highest BCUT2D eigenvalue weighted by Crippen LogP contribution is 2.20. The number of benzene rings is 1. The summed E-state index contributed by atoms with van der Waals surface area (Å²) in [6.45, 7) is 8.19. The van der Waals surface area contributed by atoms with Gasteiger partial charge in [-0.25, -0.2) is 0 Å². The molecule has 0 aliphatic carbocycles. The molecule has 2 aromatic rings. The molecule has 1 N–H and O–H groups in total. The van der Waals surface area contributed by atoms with Crippen molar-refractivity contribution in [2.75, 3.05) is 11.1 Å². The Kier molecular flexibility index (Phi) is 5.24. The molecule has 0 aliphatic rings. The first kappa shape index (κ1) is 16.5. The van der Waals surface area contributed by atoms with Gasteiger partial charge in [-0.1, -0.05) is 31.7 Å². The average Bonchev–Trinajstić information content (AvgIpc) is 2.76. The van der Waals surface area contributed by atoms with Crippen LogP contribution >= 0.6 is 11.8 Å². The Morgan fingerprint density at radius 3 is 2.41 bits per heavy atom. The lowest BCUT2D eigenvalue weighted by molar-refractivity contribution is -0.113. The van der Waals surface area contributed by atoms with Crippen LogP contribution in [0.2, 0.25) is 0 Å². The largest absolute Gasteiger partial charge is 0.325 e. The number of carbonyl (C=O) groups is 1. The van der Waals surface area contributed by atoms with Crippen LogP contribution in [0.1, 0.15) is 36.7 Å². The zero-order valence-electron chi connectivity index (χ0n) is 13.7. The van der Waals surface area contributed by atoms with Crippen LogP contribution in [0.25, 0.3) is 0 Å². The molecule has 0 bridgehead atoms. The average molecular weight is 318 g/mol. The quantitative estimate of drug-likeness (QED) is 0.860. The fourth-order valence-electron chi connectivity index (χ4n) is 2.33. The minimum atomic E-state index is -0.0379. The number of thioether (sulfide) groups is 1. The molecule has 2 rings (SSSR count). The summed E-state index contributed by atoms with van der Waals surface area (Å²) >= 11 is 1.40. The molecule has 1 aromatic carbocycles. The third-order valence-corrected chi connectivity index (χ3v) is 4.24. The van der Waals surface area contributed by atoms with Crippen molar-refractivity contribution in [3.8, 4) is 0 Å². The number of hydrogen-bond acceptors (Lipinski definition) is 4. The van der Waals surface area contributed by atoms with E-state index < -0.39 is 0 Å². The SMILES string of the molecule is Cc1cc(C)cc(NC(=O)CSc2nnc(C(C)C)n2C)c1. The Bertz CT molecular complexity index is 659. The molecule has 0 atom stereocenters. The van der Waals surface area contributed by atoms with Crippen molar-refractivity contribution in [2.45, 2.75) is 38.8 Å². The predicted octanol–water partition coefficient (Wildman–Crippen LogP) is 3.29. The molecule has 6 heteroatoms. The normalized spacial score (nSPS) is 11.0. The zero-order chi connectivity index (χ0) is 16.3. The van der Waals surface area contributed by atoms with Gasteiger partial charge in [0, 0.05) is 18.7 Å². The van der Waals surface area contributed by atoms with Gasteiger partial charge < -0.3 is 9.88 Å². The van der Waals surface area contributed by atoms with E-state index in [0.717, 1.165) is 27.8 Å². The Morgan fingerprint density at radius 1 is 1.23 bits per heavy atom. The van der Waals surface area contributed by atoms with Gasteiger partial charge in [0.2, 0.25) is 5.91 Å². The summed E-state index contributed by atoms with van der Waals surface area (Å²) in [6.07, 6.45) is 0. The molecule has 0 unspecified atom stereocenters. The topological polar surface area (TPSA) is 59.8 Å². The maximum atomic E-state index is 12.1. The summed E-state index contributed by atoms with van der Waals surface area (Å²) in [4.78, 5) is 12.1. The fraction of sp³-hybridized carbons (Fsp3) is 0.438. The van der Waals surface area contributed by atoms with Crippen LogP contribution in [0.5, 0.6) is 0 Å². The lowest BCUT2D eigenvalue weighted by Gasteiger charge is -2.08. The maximum Gasteiger partial charge on any atom is 0.234 e. The minimum absolute atomic E-state index is 0.0379. The van der Waals surface area contributed by atoms with E-state index in [9.17, 15) is 4.79 Å². The fourth-order valence-corrected chi connectivity index (χ4v) is 3.05. The Morgan fingerprint density at radius 2 is 1.86 bits per heavy atom. The Hall–Kier alpha value is -1.82. The molecule has 118 valence electrons. The second-order valence-corrected chi connectivity index (χ2v) is 6.71. The molecular formula is C16H22N4OS. The van der Waals surface area contributed by atoms with Crippen molar-refractivity contribution < 1.29 is 4.79 Å². The van der Waals surface area contributed by atoms with Crippen LogP contribution in [0, 0.1) is 13.8 Å². The van der Waals surface area contributed by atoms with Gasteiger partial charge >= 0.3 is 0 Å². The van der Waals surface area contributed by atoms with Gasteiger partial charge in [0.15, 0.2) is 5.16 Å². The summed E-state index contributed by atoms with van der Waals surface area (Å²) < 4.78 is 1.94. The van der Waals surface area contributed by atoms with E-state index in [1.165, 1.54) is 11.8 Å². The van der Waals surface area contributed by atoms with E-state index in [1.54, 1.807) is 0 Å². The van der Waals surface area contributed by atoms with Crippen LogP contribution < -0.4 is 5.32 Å². The van der Waals surface area contributed by atoms with E-state index in [-0.39, 0.29) is 5.91 Å². The van der Waals surface area contributed by atoms with E-state index in [2.05, 4.69) is 35.4 Å². The number of nitrogens with one attached hydrogen (secondary N) is 1. The van der Waals surface area contributed by atoms with Crippen LogP contribution in [0.3, 0.4) is 0 Å². The van der Waals surface area contributed by atoms with Crippen molar-refractivity contribution >= 4 is 23.4 Å². The number of aryl methyl sites for hydroxylation is 2. The van der Waals surface area contributed by atoms with E-state index in [4.69, 9.17) is 0 Å². The third kappa shape index (κ3) is 4.10. The molecule has 0 fully saturated rings. The van der Waals surface area contributed by atoms with Crippen LogP contribution in [-0.2, 0) is 11.8 Å². The first-order valence-corrected chi connectivity index (χ1v) is 8.25. The highest BCUT2D eigenvalue weighted by molar-refractivity contribution is 7.99. The van der Waals surface area contributed by atoms with Crippen molar-refractivity contribution in [3.05, 3.63) is 35.2 Å². The standard InChI is InChI=1S/C16H22N4OS/c1-10(2)15-18-19-16(20(15)5)22-9-14(21)17-13-7-11(3)6-12(4)8-13/h6-8,10H,9H2,1-5H3,(H,17,21). The minimum Gasteiger partial charge on any atom is -0.325 e. The maximum absolute atomic E-state index is 12.1. The molecule has 0 aliphatic heterocycles. The molecule has 1 amide bonds.